The van der Waals surface area contributed by atoms with Crippen LogP contribution in [0.25, 0.3) is 0 Å². The summed E-state index contributed by atoms with van der Waals surface area (Å²) in [5, 5.41) is 11.4. The van der Waals surface area contributed by atoms with Crippen molar-refractivity contribution in [3.05, 3.63) is 58.1 Å². The summed E-state index contributed by atoms with van der Waals surface area (Å²) in [6, 6.07) is 10.4. The van der Waals surface area contributed by atoms with Crippen LogP contribution < -0.4 is 4.74 Å². The Kier molecular flexibility index (Phi) is 4.96. The van der Waals surface area contributed by atoms with Gasteiger partial charge in [-0.2, -0.15) is 0 Å². The Labute approximate surface area is 158 Å². The van der Waals surface area contributed by atoms with Gasteiger partial charge in [0.25, 0.3) is 0 Å². The molecule has 0 spiro atoms. The molecular weight excluding hydrogens is 370 g/mol. The number of rotatable bonds is 6. The van der Waals surface area contributed by atoms with Crippen LogP contribution in [0.5, 0.6) is 5.75 Å². The van der Waals surface area contributed by atoms with E-state index in [0.29, 0.717) is 6.61 Å². The van der Waals surface area contributed by atoms with E-state index in [1.54, 1.807) is 12.1 Å². The van der Waals surface area contributed by atoms with Crippen molar-refractivity contribution in [2.45, 2.75) is 42.1 Å². The third kappa shape index (κ3) is 4.12. The number of benzene rings is 2. The zero-order valence-electron chi connectivity index (χ0n) is 15.3. The van der Waals surface area contributed by atoms with Crippen LogP contribution in [0.1, 0.15) is 26.3 Å². The lowest BCUT2D eigenvalue weighted by Crippen LogP contribution is -2.13. The SMILES string of the molecule is CC(C)(C)c1ccc(S(=O)(=O)c2cccc([N+](=O)[O-])c2OCC2CO2)cc1. The lowest BCUT2D eigenvalue weighted by molar-refractivity contribution is -0.386. The first-order chi connectivity index (χ1) is 12.6. The van der Waals surface area contributed by atoms with Crippen molar-refractivity contribution < 1.29 is 22.8 Å². The van der Waals surface area contributed by atoms with Gasteiger partial charge in [0.05, 0.1) is 16.4 Å². The fourth-order valence-electron chi connectivity index (χ4n) is 2.61. The summed E-state index contributed by atoms with van der Waals surface area (Å²) in [6.45, 7) is 6.65. The lowest BCUT2D eigenvalue weighted by atomic mass is 9.87. The van der Waals surface area contributed by atoms with E-state index in [1.165, 1.54) is 30.3 Å². The van der Waals surface area contributed by atoms with E-state index in [4.69, 9.17) is 9.47 Å². The molecule has 1 atom stereocenters. The molecule has 27 heavy (non-hydrogen) atoms. The van der Waals surface area contributed by atoms with Gasteiger partial charge in [-0.05, 0) is 29.2 Å². The van der Waals surface area contributed by atoms with Crippen LogP contribution >= 0.6 is 0 Å². The second-order valence-corrected chi connectivity index (χ2v) is 9.32. The smallest absolute Gasteiger partial charge is 0.312 e. The Morgan fingerprint density at radius 2 is 1.81 bits per heavy atom. The predicted molar refractivity (Wildman–Crippen MR) is 98.9 cm³/mol. The average molecular weight is 391 g/mol. The molecule has 144 valence electrons. The quantitative estimate of drug-likeness (QED) is 0.424. The monoisotopic (exact) mass is 391 g/mol. The van der Waals surface area contributed by atoms with Crippen LogP contribution in [0.2, 0.25) is 0 Å². The second-order valence-electron chi connectivity index (χ2n) is 7.41. The molecule has 1 unspecified atom stereocenters. The number of epoxide rings is 1. The van der Waals surface area contributed by atoms with Crippen molar-refractivity contribution in [3.8, 4) is 5.75 Å². The molecule has 1 aliphatic rings. The van der Waals surface area contributed by atoms with E-state index in [-0.39, 0.29) is 39.4 Å². The molecule has 1 saturated heterocycles. The molecule has 0 radical (unpaired) electrons. The molecule has 1 heterocycles. The molecule has 3 rings (SSSR count). The van der Waals surface area contributed by atoms with E-state index in [1.807, 2.05) is 20.8 Å². The Bertz CT molecular complexity index is 957. The highest BCUT2D eigenvalue weighted by Gasteiger charge is 2.31. The number of hydrogen-bond acceptors (Lipinski definition) is 6. The van der Waals surface area contributed by atoms with E-state index in [0.717, 1.165) is 5.56 Å². The van der Waals surface area contributed by atoms with Gasteiger partial charge < -0.3 is 9.47 Å². The van der Waals surface area contributed by atoms with E-state index in [2.05, 4.69) is 0 Å². The third-order valence-corrected chi connectivity index (χ3v) is 6.08. The van der Waals surface area contributed by atoms with Crippen molar-refractivity contribution in [2.24, 2.45) is 0 Å². The van der Waals surface area contributed by atoms with Crippen molar-refractivity contribution >= 4 is 15.5 Å². The predicted octanol–water partition coefficient (Wildman–Crippen LogP) is 3.50. The molecule has 2 aromatic rings. The highest BCUT2D eigenvalue weighted by molar-refractivity contribution is 7.91. The van der Waals surface area contributed by atoms with Crippen LogP contribution in [0.4, 0.5) is 5.69 Å². The molecule has 0 N–H and O–H groups in total. The standard InChI is InChI=1S/C19H21NO6S/c1-19(2,3)13-7-9-15(10-8-13)27(23,24)17-6-4-5-16(20(21)22)18(17)26-12-14-11-25-14/h4-10,14H,11-12H2,1-3H3. The zero-order valence-corrected chi connectivity index (χ0v) is 16.2. The maximum atomic E-state index is 13.1. The topological polar surface area (TPSA) is 99.0 Å². The van der Waals surface area contributed by atoms with Crippen molar-refractivity contribution in [2.75, 3.05) is 13.2 Å². The number of para-hydroxylation sites is 1. The summed E-state index contributed by atoms with van der Waals surface area (Å²) < 4.78 is 36.8. The first kappa shape index (κ1) is 19.3. The second kappa shape index (κ2) is 6.94. The van der Waals surface area contributed by atoms with Gasteiger partial charge in [0.15, 0.2) is 0 Å². The van der Waals surface area contributed by atoms with Crippen molar-refractivity contribution in [1.29, 1.82) is 0 Å². The Balaban J connectivity index is 2.05. The van der Waals surface area contributed by atoms with Gasteiger partial charge >= 0.3 is 5.69 Å². The summed E-state index contributed by atoms with van der Waals surface area (Å²) in [5.74, 6) is -0.252. The van der Waals surface area contributed by atoms with E-state index >= 15 is 0 Å². The first-order valence-corrected chi connectivity index (χ1v) is 9.96. The molecule has 1 aliphatic heterocycles. The van der Waals surface area contributed by atoms with Gasteiger partial charge in [-0.25, -0.2) is 8.42 Å². The van der Waals surface area contributed by atoms with Crippen LogP contribution in [0.15, 0.2) is 52.3 Å². The Hall–Kier alpha value is -2.45. The summed E-state index contributed by atoms with van der Waals surface area (Å²) >= 11 is 0. The molecule has 0 amide bonds. The van der Waals surface area contributed by atoms with Crippen LogP contribution in [-0.2, 0) is 20.0 Å². The lowest BCUT2D eigenvalue weighted by Gasteiger charge is -2.19. The van der Waals surface area contributed by atoms with Gasteiger partial charge in [-0.3, -0.25) is 10.1 Å². The summed E-state index contributed by atoms with van der Waals surface area (Å²) in [5.41, 5.74) is 0.484. The minimum absolute atomic E-state index is 0.0588. The van der Waals surface area contributed by atoms with Crippen molar-refractivity contribution in [3.63, 3.8) is 0 Å². The molecule has 0 aliphatic carbocycles. The maximum Gasteiger partial charge on any atom is 0.312 e. The number of hydrogen-bond donors (Lipinski definition) is 0. The molecule has 0 aromatic heterocycles. The number of nitro benzene ring substituents is 1. The molecular formula is C19H21NO6S. The number of sulfone groups is 1. The van der Waals surface area contributed by atoms with Crippen LogP contribution in [0, 0.1) is 10.1 Å². The molecule has 8 heteroatoms. The van der Waals surface area contributed by atoms with Crippen molar-refractivity contribution in [1.82, 2.24) is 0 Å². The maximum absolute atomic E-state index is 13.1. The number of nitrogens with zero attached hydrogens (tertiary/aromatic N) is 1. The largest absolute Gasteiger partial charge is 0.483 e. The average Bonchev–Trinajstić information content (AvgIpc) is 3.43. The number of nitro groups is 1. The number of ether oxygens (including phenoxy) is 2. The first-order valence-electron chi connectivity index (χ1n) is 8.48. The van der Waals surface area contributed by atoms with Gasteiger partial charge in [0.1, 0.15) is 17.6 Å². The minimum Gasteiger partial charge on any atom is -0.483 e. The molecule has 1 fully saturated rings. The summed E-state index contributed by atoms with van der Waals surface area (Å²) in [4.78, 5) is 10.5. The van der Waals surface area contributed by atoms with Gasteiger partial charge in [-0.1, -0.05) is 39.0 Å². The van der Waals surface area contributed by atoms with Crippen LogP contribution in [0.3, 0.4) is 0 Å². The fourth-order valence-corrected chi connectivity index (χ4v) is 4.02. The van der Waals surface area contributed by atoms with Crippen LogP contribution in [-0.4, -0.2) is 32.7 Å². The normalized spacial score (nSPS) is 16.8. The summed E-state index contributed by atoms with van der Waals surface area (Å²) in [6.07, 6.45) is -0.161. The summed E-state index contributed by atoms with van der Waals surface area (Å²) in [7, 11) is -3.99. The van der Waals surface area contributed by atoms with Gasteiger partial charge in [-0.15, -0.1) is 0 Å². The third-order valence-electron chi connectivity index (χ3n) is 4.29. The zero-order chi connectivity index (χ0) is 19.8. The van der Waals surface area contributed by atoms with E-state index < -0.39 is 14.8 Å². The minimum atomic E-state index is -3.99. The molecule has 2 aromatic carbocycles. The fraction of sp³-hybridized carbons (Fsp3) is 0.368. The van der Waals surface area contributed by atoms with Gasteiger partial charge in [0.2, 0.25) is 15.6 Å². The van der Waals surface area contributed by atoms with Gasteiger partial charge in [0, 0.05) is 6.07 Å². The molecule has 7 nitrogen and oxygen atoms in total. The highest BCUT2D eigenvalue weighted by Crippen LogP contribution is 2.38. The molecule has 0 bridgehead atoms. The highest BCUT2D eigenvalue weighted by atomic mass is 32.2. The van der Waals surface area contributed by atoms with E-state index in [9.17, 15) is 18.5 Å². The Morgan fingerprint density at radius 3 is 2.33 bits per heavy atom. The molecule has 0 saturated carbocycles. The Morgan fingerprint density at radius 1 is 1.19 bits per heavy atom.